The van der Waals surface area contributed by atoms with E-state index in [0.717, 1.165) is 22.4 Å². The fourth-order valence-corrected chi connectivity index (χ4v) is 5.18. The minimum atomic E-state index is -0.219. The molecule has 0 saturated carbocycles. The molecule has 158 valence electrons. The van der Waals surface area contributed by atoms with Crippen LogP contribution >= 0.6 is 47.2 Å². The third kappa shape index (κ3) is 5.57. The third-order valence-electron chi connectivity index (χ3n) is 4.82. The highest BCUT2D eigenvalue weighted by molar-refractivity contribution is 8.24. The summed E-state index contributed by atoms with van der Waals surface area (Å²) in [5.74, 6) is 0.769. The Morgan fingerprint density at radius 3 is 2.61 bits per heavy atom. The second kappa shape index (κ2) is 10.0. The van der Waals surface area contributed by atoms with Crippen molar-refractivity contribution in [1.29, 1.82) is 0 Å². The molecule has 0 radical (unpaired) electrons. The van der Waals surface area contributed by atoms with Crippen LogP contribution in [-0.4, -0.2) is 25.4 Å². The highest BCUT2D eigenvalue weighted by Crippen LogP contribution is 2.31. The van der Waals surface area contributed by atoms with Crippen molar-refractivity contribution in [3.8, 4) is 5.75 Å². The number of pyridine rings is 1. The number of hydrogen-bond donors (Lipinski definition) is 0. The SMILES string of the molecule is O=C1[C@H](Cc2ccc(OCc3ccc(Cl)cc3Cl)cc2)SC(=S)N1Cc1cccnc1. The first-order valence-electron chi connectivity index (χ1n) is 9.56. The first-order valence-corrected chi connectivity index (χ1v) is 11.6. The van der Waals surface area contributed by atoms with Crippen LogP contribution in [0.25, 0.3) is 0 Å². The number of carbonyl (C=O) groups excluding carboxylic acids is 1. The molecule has 0 bridgehead atoms. The quantitative estimate of drug-likeness (QED) is 0.385. The molecule has 1 fully saturated rings. The number of amides is 1. The van der Waals surface area contributed by atoms with Gasteiger partial charge >= 0.3 is 0 Å². The Balaban J connectivity index is 1.34. The van der Waals surface area contributed by atoms with Gasteiger partial charge in [0.2, 0.25) is 5.91 Å². The highest BCUT2D eigenvalue weighted by Gasteiger charge is 2.36. The molecule has 31 heavy (non-hydrogen) atoms. The summed E-state index contributed by atoms with van der Waals surface area (Å²) >= 11 is 19.0. The number of rotatable bonds is 7. The van der Waals surface area contributed by atoms with Gasteiger partial charge in [0.15, 0.2) is 0 Å². The Morgan fingerprint density at radius 1 is 1.10 bits per heavy atom. The molecule has 2 aromatic carbocycles. The van der Waals surface area contributed by atoms with E-state index in [9.17, 15) is 4.79 Å². The van der Waals surface area contributed by atoms with Crippen LogP contribution in [0.2, 0.25) is 10.0 Å². The first kappa shape index (κ1) is 22.1. The van der Waals surface area contributed by atoms with Crippen LogP contribution in [0.1, 0.15) is 16.7 Å². The number of halogens is 2. The van der Waals surface area contributed by atoms with Gasteiger partial charge in [-0.2, -0.15) is 0 Å². The van der Waals surface area contributed by atoms with Gasteiger partial charge in [-0.3, -0.25) is 14.7 Å². The number of hydrogen-bond acceptors (Lipinski definition) is 5. The lowest BCUT2D eigenvalue weighted by Gasteiger charge is -2.15. The van der Waals surface area contributed by atoms with Gasteiger partial charge in [0, 0.05) is 28.0 Å². The molecule has 1 amide bonds. The molecule has 2 heterocycles. The first-order chi connectivity index (χ1) is 15.0. The monoisotopic (exact) mass is 488 g/mol. The summed E-state index contributed by atoms with van der Waals surface area (Å²) in [6.07, 6.45) is 4.07. The van der Waals surface area contributed by atoms with Gasteiger partial charge in [-0.25, -0.2) is 0 Å². The van der Waals surface area contributed by atoms with Crippen molar-refractivity contribution < 1.29 is 9.53 Å². The van der Waals surface area contributed by atoms with Crippen molar-refractivity contribution in [3.05, 3.63) is 93.7 Å². The van der Waals surface area contributed by atoms with Crippen molar-refractivity contribution in [1.82, 2.24) is 9.88 Å². The van der Waals surface area contributed by atoms with Crippen molar-refractivity contribution in [2.45, 2.75) is 24.8 Å². The molecule has 1 aliphatic rings. The third-order valence-corrected chi connectivity index (χ3v) is 6.99. The Morgan fingerprint density at radius 2 is 1.90 bits per heavy atom. The molecular weight excluding hydrogens is 471 g/mol. The maximum Gasteiger partial charge on any atom is 0.242 e. The summed E-state index contributed by atoms with van der Waals surface area (Å²) in [7, 11) is 0. The van der Waals surface area contributed by atoms with Gasteiger partial charge in [0.1, 0.15) is 16.7 Å². The smallest absolute Gasteiger partial charge is 0.242 e. The van der Waals surface area contributed by atoms with Crippen LogP contribution in [0.5, 0.6) is 5.75 Å². The molecule has 0 aliphatic carbocycles. The van der Waals surface area contributed by atoms with Crippen molar-refractivity contribution in [2.75, 3.05) is 0 Å². The van der Waals surface area contributed by atoms with Crippen LogP contribution in [0.4, 0.5) is 0 Å². The lowest BCUT2D eigenvalue weighted by atomic mass is 10.1. The number of thiocarbonyl (C=S) groups is 1. The minimum absolute atomic E-state index is 0.0385. The topological polar surface area (TPSA) is 42.4 Å². The normalized spacial score (nSPS) is 16.1. The molecule has 1 atom stereocenters. The van der Waals surface area contributed by atoms with Crippen LogP contribution in [-0.2, 0) is 24.4 Å². The Kier molecular flexibility index (Phi) is 7.13. The number of carbonyl (C=O) groups is 1. The van der Waals surface area contributed by atoms with E-state index in [4.69, 9.17) is 40.2 Å². The summed E-state index contributed by atoms with van der Waals surface area (Å²) in [6, 6.07) is 16.9. The molecule has 4 rings (SSSR count). The standard InChI is InChI=1S/C23H18Cl2N2O2S2/c24-18-6-5-17(20(25)11-18)14-29-19-7-3-15(4-8-19)10-21-22(28)27(23(30)31-21)13-16-2-1-9-26-12-16/h1-9,11-12,21H,10,13-14H2/t21-/m0/s1. The molecule has 0 spiro atoms. The molecule has 8 heteroatoms. The zero-order valence-electron chi connectivity index (χ0n) is 16.3. The zero-order chi connectivity index (χ0) is 21.8. The van der Waals surface area contributed by atoms with Crippen molar-refractivity contribution >= 4 is 57.4 Å². The lowest BCUT2D eigenvalue weighted by Crippen LogP contribution is -2.31. The summed E-state index contributed by atoms with van der Waals surface area (Å²) in [6.45, 7) is 0.804. The zero-order valence-corrected chi connectivity index (χ0v) is 19.5. The number of benzene rings is 2. The van der Waals surface area contributed by atoms with E-state index in [0.29, 0.717) is 33.9 Å². The molecule has 0 N–H and O–H groups in total. The summed E-state index contributed by atoms with van der Waals surface area (Å²) in [5, 5.41) is 0.951. The number of thioether (sulfide) groups is 1. The average Bonchev–Trinajstić information content (AvgIpc) is 3.02. The second-order valence-corrected chi connectivity index (χ2v) is 9.71. The highest BCUT2D eigenvalue weighted by atomic mass is 35.5. The van der Waals surface area contributed by atoms with E-state index < -0.39 is 0 Å². The van der Waals surface area contributed by atoms with Crippen LogP contribution in [0, 0.1) is 0 Å². The maximum absolute atomic E-state index is 12.9. The summed E-state index contributed by atoms with van der Waals surface area (Å²) in [5.41, 5.74) is 2.88. The van der Waals surface area contributed by atoms with E-state index in [1.807, 2.05) is 42.5 Å². The molecule has 3 aromatic rings. The van der Waals surface area contributed by atoms with Gasteiger partial charge < -0.3 is 4.74 Å². The number of aromatic nitrogens is 1. The fraction of sp³-hybridized carbons (Fsp3) is 0.174. The minimum Gasteiger partial charge on any atom is -0.489 e. The molecule has 0 unspecified atom stereocenters. The van der Waals surface area contributed by atoms with Crippen molar-refractivity contribution in [2.24, 2.45) is 0 Å². The fourth-order valence-electron chi connectivity index (χ4n) is 3.18. The predicted octanol–water partition coefficient (Wildman–Crippen LogP) is 5.94. The second-order valence-electron chi connectivity index (χ2n) is 7.03. The van der Waals surface area contributed by atoms with Gasteiger partial charge in [-0.15, -0.1) is 0 Å². The Hall–Kier alpha value is -2.12. The summed E-state index contributed by atoms with van der Waals surface area (Å²) in [4.78, 5) is 18.6. The molecule has 1 aromatic heterocycles. The molecule has 1 aliphatic heterocycles. The van der Waals surface area contributed by atoms with Gasteiger partial charge in [0.05, 0.1) is 11.8 Å². The number of ether oxygens (including phenoxy) is 1. The van der Waals surface area contributed by atoms with Crippen LogP contribution < -0.4 is 4.74 Å². The van der Waals surface area contributed by atoms with Gasteiger partial charge in [0.25, 0.3) is 0 Å². The Bertz CT molecular complexity index is 1090. The molecular formula is C23H18Cl2N2O2S2. The van der Waals surface area contributed by atoms with Gasteiger partial charge in [-0.1, -0.05) is 71.4 Å². The van der Waals surface area contributed by atoms with E-state index in [-0.39, 0.29) is 11.2 Å². The predicted molar refractivity (Wildman–Crippen MR) is 130 cm³/mol. The Labute approximate surface area is 200 Å². The van der Waals surface area contributed by atoms with Crippen LogP contribution in [0.15, 0.2) is 67.0 Å². The van der Waals surface area contributed by atoms with E-state index in [2.05, 4.69) is 4.98 Å². The lowest BCUT2D eigenvalue weighted by molar-refractivity contribution is -0.126. The average molecular weight is 489 g/mol. The summed E-state index contributed by atoms with van der Waals surface area (Å²) < 4.78 is 6.43. The molecule has 4 nitrogen and oxygen atoms in total. The number of nitrogens with zero attached hydrogens (tertiary/aromatic N) is 2. The van der Waals surface area contributed by atoms with Crippen molar-refractivity contribution in [3.63, 3.8) is 0 Å². The van der Waals surface area contributed by atoms with Gasteiger partial charge in [-0.05, 0) is 47.9 Å². The largest absolute Gasteiger partial charge is 0.489 e. The van der Waals surface area contributed by atoms with Crippen LogP contribution in [0.3, 0.4) is 0 Å². The molecule has 1 saturated heterocycles. The van der Waals surface area contributed by atoms with E-state index >= 15 is 0 Å². The van der Waals surface area contributed by atoms with E-state index in [1.54, 1.807) is 29.4 Å². The maximum atomic E-state index is 12.9. The van der Waals surface area contributed by atoms with E-state index in [1.165, 1.54) is 11.8 Å².